The molecule has 1 amide bonds. The van der Waals surface area contributed by atoms with Crippen LogP contribution in [0, 0.1) is 0 Å². The zero-order valence-corrected chi connectivity index (χ0v) is 15.5. The van der Waals surface area contributed by atoms with E-state index in [1.807, 2.05) is 60.7 Å². The van der Waals surface area contributed by atoms with Crippen molar-refractivity contribution in [2.75, 3.05) is 5.75 Å². The van der Waals surface area contributed by atoms with Crippen LogP contribution in [0.2, 0.25) is 5.22 Å². The number of thioether (sulfide) groups is 1. The van der Waals surface area contributed by atoms with Crippen LogP contribution < -0.4 is 5.43 Å². The Morgan fingerprint density at radius 2 is 1.81 bits per heavy atom. The molecule has 0 aliphatic heterocycles. The van der Waals surface area contributed by atoms with E-state index < -0.39 is 0 Å². The first-order chi connectivity index (χ1) is 12.7. The summed E-state index contributed by atoms with van der Waals surface area (Å²) >= 11 is 7.62. The molecule has 0 saturated carbocycles. The van der Waals surface area contributed by atoms with Gasteiger partial charge in [0.1, 0.15) is 5.76 Å². The fourth-order valence-electron chi connectivity index (χ4n) is 2.26. The summed E-state index contributed by atoms with van der Waals surface area (Å²) < 4.78 is 5.53. The van der Waals surface area contributed by atoms with Gasteiger partial charge in [0, 0.05) is 11.3 Å². The first kappa shape index (κ1) is 18.3. The van der Waals surface area contributed by atoms with Gasteiger partial charge in [-0.3, -0.25) is 4.79 Å². The molecule has 2 aromatic carbocycles. The number of carbonyl (C=O) groups excluding carboxylic acids is 1. The number of hydrogen-bond acceptors (Lipinski definition) is 4. The molecule has 0 unspecified atom stereocenters. The van der Waals surface area contributed by atoms with Crippen LogP contribution in [0.15, 0.2) is 76.2 Å². The molecule has 0 aliphatic rings. The molecule has 6 heteroatoms. The monoisotopic (exact) mass is 384 g/mol. The van der Waals surface area contributed by atoms with E-state index in [-0.39, 0.29) is 11.1 Å². The lowest BCUT2D eigenvalue weighted by molar-refractivity contribution is -0.118. The normalized spacial score (nSPS) is 11.0. The predicted octanol–water partition coefficient (Wildman–Crippen LogP) is 4.98. The highest BCUT2D eigenvalue weighted by Gasteiger charge is 2.09. The van der Waals surface area contributed by atoms with Crippen LogP contribution in [0.3, 0.4) is 0 Å². The molecule has 3 aromatic rings. The molecule has 1 heterocycles. The van der Waals surface area contributed by atoms with Gasteiger partial charge in [0.25, 0.3) is 0 Å². The smallest absolute Gasteiger partial charge is 0.250 e. The van der Waals surface area contributed by atoms with E-state index in [0.717, 1.165) is 11.3 Å². The van der Waals surface area contributed by atoms with Crippen molar-refractivity contribution in [3.8, 4) is 11.3 Å². The minimum Gasteiger partial charge on any atom is -0.444 e. The molecule has 26 heavy (non-hydrogen) atoms. The maximum atomic E-state index is 11.8. The second kappa shape index (κ2) is 9.27. The minimum atomic E-state index is -0.162. The highest BCUT2D eigenvalue weighted by atomic mass is 35.5. The second-order valence-corrected chi connectivity index (χ2v) is 6.81. The first-order valence-electron chi connectivity index (χ1n) is 8.01. The molecule has 3 rings (SSSR count). The molecule has 0 bridgehead atoms. The molecule has 0 fully saturated rings. The summed E-state index contributed by atoms with van der Waals surface area (Å²) in [5.41, 5.74) is 5.23. The van der Waals surface area contributed by atoms with Gasteiger partial charge in [-0.05, 0) is 23.2 Å². The molecule has 4 nitrogen and oxygen atoms in total. The van der Waals surface area contributed by atoms with E-state index in [2.05, 4.69) is 10.5 Å². The largest absolute Gasteiger partial charge is 0.444 e. The van der Waals surface area contributed by atoms with Crippen LogP contribution in [0.5, 0.6) is 0 Å². The third kappa shape index (κ3) is 5.25. The van der Waals surface area contributed by atoms with Crippen molar-refractivity contribution < 1.29 is 9.21 Å². The quantitative estimate of drug-likeness (QED) is 0.461. The van der Waals surface area contributed by atoms with E-state index in [9.17, 15) is 4.79 Å². The number of nitrogens with zero attached hydrogens (tertiary/aromatic N) is 1. The van der Waals surface area contributed by atoms with Crippen LogP contribution in [0.25, 0.3) is 11.3 Å². The Balaban J connectivity index is 1.49. The number of rotatable bonds is 7. The summed E-state index contributed by atoms with van der Waals surface area (Å²) in [6.45, 7) is 0. The Hall–Kier alpha value is -2.50. The Kier molecular flexibility index (Phi) is 6.52. The van der Waals surface area contributed by atoms with Crippen molar-refractivity contribution in [1.82, 2.24) is 5.43 Å². The fourth-order valence-corrected chi connectivity index (χ4v) is 3.22. The van der Waals surface area contributed by atoms with Crippen LogP contribution >= 0.6 is 23.4 Å². The van der Waals surface area contributed by atoms with E-state index in [4.69, 9.17) is 16.0 Å². The summed E-state index contributed by atoms with van der Waals surface area (Å²) in [6.07, 6.45) is 1.48. The minimum absolute atomic E-state index is 0.162. The van der Waals surface area contributed by atoms with Crippen LogP contribution in [-0.2, 0) is 10.5 Å². The van der Waals surface area contributed by atoms with Gasteiger partial charge in [0.2, 0.25) is 11.1 Å². The number of hydrazone groups is 1. The molecule has 1 aromatic heterocycles. The van der Waals surface area contributed by atoms with Gasteiger partial charge in [-0.2, -0.15) is 5.10 Å². The molecule has 1 N–H and O–H groups in total. The average Bonchev–Trinajstić information content (AvgIpc) is 3.04. The lowest BCUT2D eigenvalue weighted by Gasteiger charge is -2.01. The predicted molar refractivity (Wildman–Crippen MR) is 107 cm³/mol. The molecule has 132 valence electrons. The average molecular weight is 385 g/mol. The third-order valence-corrected chi connectivity index (χ3v) is 4.81. The molecule has 0 radical (unpaired) electrons. The van der Waals surface area contributed by atoms with E-state index in [0.29, 0.717) is 17.1 Å². The van der Waals surface area contributed by atoms with E-state index >= 15 is 0 Å². The summed E-state index contributed by atoms with van der Waals surface area (Å²) in [6, 6.07) is 21.4. The Bertz CT molecular complexity index is 879. The number of furan rings is 1. The van der Waals surface area contributed by atoms with Gasteiger partial charge in [-0.25, -0.2) is 5.43 Å². The summed E-state index contributed by atoms with van der Waals surface area (Å²) in [5, 5.41) is 4.19. The summed E-state index contributed by atoms with van der Waals surface area (Å²) in [7, 11) is 0. The Morgan fingerprint density at radius 1 is 1.12 bits per heavy atom. The summed E-state index contributed by atoms with van der Waals surface area (Å²) in [4.78, 5) is 11.8. The van der Waals surface area contributed by atoms with Crippen LogP contribution in [0.1, 0.15) is 11.1 Å². The van der Waals surface area contributed by atoms with Crippen LogP contribution in [0.4, 0.5) is 0 Å². The second-order valence-electron chi connectivity index (χ2n) is 5.48. The van der Waals surface area contributed by atoms with Crippen molar-refractivity contribution in [3.63, 3.8) is 0 Å². The Morgan fingerprint density at radius 3 is 2.54 bits per heavy atom. The van der Waals surface area contributed by atoms with Gasteiger partial charge in [0.05, 0.1) is 17.5 Å². The number of halogens is 1. The molecular formula is C20H17ClN2O2S. The van der Waals surface area contributed by atoms with Crippen molar-refractivity contribution >= 4 is 35.5 Å². The fraction of sp³-hybridized carbons (Fsp3) is 0.100. The SMILES string of the molecule is O=C(CSCc1ccccc1)N/N=C\c1cc(-c2ccccc2)oc1Cl. The standard InChI is InChI=1S/C20H17ClN2O2S/c21-20-17(11-18(25-20)16-9-5-2-6-10-16)12-22-23-19(24)14-26-13-15-7-3-1-4-8-15/h1-12H,13-14H2,(H,23,24)/b22-12-. The lowest BCUT2D eigenvalue weighted by atomic mass is 10.1. The zero-order chi connectivity index (χ0) is 18.2. The topological polar surface area (TPSA) is 54.6 Å². The highest BCUT2D eigenvalue weighted by molar-refractivity contribution is 7.99. The lowest BCUT2D eigenvalue weighted by Crippen LogP contribution is -2.19. The van der Waals surface area contributed by atoms with Gasteiger partial charge >= 0.3 is 0 Å². The molecule has 0 saturated heterocycles. The third-order valence-electron chi connectivity index (χ3n) is 3.51. The zero-order valence-electron chi connectivity index (χ0n) is 13.9. The number of nitrogens with one attached hydrogen (secondary N) is 1. The Labute approximate surface area is 161 Å². The van der Waals surface area contributed by atoms with Crippen molar-refractivity contribution in [3.05, 3.63) is 83.1 Å². The van der Waals surface area contributed by atoms with Gasteiger partial charge in [-0.15, -0.1) is 11.8 Å². The highest BCUT2D eigenvalue weighted by Crippen LogP contribution is 2.27. The van der Waals surface area contributed by atoms with Crippen molar-refractivity contribution in [2.24, 2.45) is 5.10 Å². The van der Waals surface area contributed by atoms with Crippen molar-refractivity contribution in [1.29, 1.82) is 0 Å². The number of benzene rings is 2. The maximum Gasteiger partial charge on any atom is 0.250 e. The molecule has 0 spiro atoms. The molecular weight excluding hydrogens is 368 g/mol. The number of carbonyl (C=O) groups is 1. The first-order valence-corrected chi connectivity index (χ1v) is 9.54. The number of hydrogen-bond donors (Lipinski definition) is 1. The summed E-state index contributed by atoms with van der Waals surface area (Å²) in [5.74, 6) is 1.61. The maximum absolute atomic E-state index is 11.8. The van der Waals surface area contributed by atoms with E-state index in [1.54, 1.807) is 6.07 Å². The van der Waals surface area contributed by atoms with Gasteiger partial charge in [-0.1, -0.05) is 60.7 Å². The van der Waals surface area contributed by atoms with Crippen molar-refractivity contribution in [2.45, 2.75) is 5.75 Å². The van der Waals surface area contributed by atoms with E-state index in [1.165, 1.54) is 23.5 Å². The van der Waals surface area contributed by atoms with Crippen LogP contribution in [-0.4, -0.2) is 17.9 Å². The van der Waals surface area contributed by atoms with Gasteiger partial charge in [0.15, 0.2) is 0 Å². The van der Waals surface area contributed by atoms with Gasteiger partial charge < -0.3 is 4.42 Å². The molecule has 0 atom stereocenters. The molecule has 0 aliphatic carbocycles. The number of amides is 1.